The van der Waals surface area contributed by atoms with Gasteiger partial charge < -0.3 is 19.3 Å². The Morgan fingerprint density at radius 2 is 2.04 bits per heavy atom. The Kier molecular flexibility index (Phi) is 2.72. The Morgan fingerprint density at radius 1 is 1.27 bits per heavy atom. The van der Waals surface area contributed by atoms with E-state index in [4.69, 9.17) is 9.47 Å². The minimum atomic E-state index is -1.03. The highest BCUT2D eigenvalue weighted by Crippen LogP contribution is 2.70. The Morgan fingerprint density at radius 3 is 2.77 bits per heavy atom. The van der Waals surface area contributed by atoms with Crippen LogP contribution in [0.5, 0.6) is 11.5 Å². The van der Waals surface area contributed by atoms with Crippen LogP contribution in [0.4, 0.5) is 0 Å². The number of carbonyl (C=O) groups is 2. The van der Waals surface area contributed by atoms with Crippen molar-refractivity contribution in [2.24, 2.45) is 5.41 Å². The van der Waals surface area contributed by atoms with Crippen LogP contribution in [0.25, 0.3) is 0 Å². The number of benzene rings is 1. The van der Waals surface area contributed by atoms with Crippen molar-refractivity contribution in [3.05, 3.63) is 23.8 Å². The van der Waals surface area contributed by atoms with Crippen LogP contribution in [0.2, 0.25) is 0 Å². The average Bonchev–Trinajstić information content (AvgIpc) is 3.29. The van der Waals surface area contributed by atoms with Crippen molar-refractivity contribution in [1.29, 1.82) is 5.26 Å². The molecule has 1 aromatic carbocycles. The molecule has 4 heterocycles. The van der Waals surface area contributed by atoms with E-state index in [0.29, 0.717) is 17.9 Å². The van der Waals surface area contributed by atoms with Gasteiger partial charge in [-0.25, -0.2) is 0 Å². The molecule has 0 radical (unpaired) electrons. The zero-order valence-electron chi connectivity index (χ0n) is 14.6. The lowest BCUT2D eigenvalue weighted by atomic mass is 9.79. The largest absolute Gasteiger partial charge is 0.454 e. The number of fused-ring (bicyclic) bond motifs is 2. The van der Waals surface area contributed by atoms with Crippen molar-refractivity contribution >= 4 is 23.6 Å². The molecule has 2 bridgehead atoms. The molecule has 3 saturated heterocycles. The molecule has 1 aromatic rings. The molecule has 0 N–H and O–H groups in total. The fourth-order valence-corrected chi connectivity index (χ4v) is 6.72. The summed E-state index contributed by atoms with van der Waals surface area (Å²) in [5, 5.41) is 9.99. The van der Waals surface area contributed by atoms with Crippen LogP contribution in [-0.4, -0.2) is 45.2 Å². The summed E-state index contributed by atoms with van der Waals surface area (Å²) in [6, 6.07) is 7.29. The van der Waals surface area contributed by atoms with E-state index >= 15 is 0 Å². The summed E-state index contributed by atoms with van der Waals surface area (Å²) in [7, 11) is 1.66. The van der Waals surface area contributed by atoms with Crippen molar-refractivity contribution in [2.75, 3.05) is 13.8 Å². The molecule has 2 unspecified atom stereocenters. The molecule has 134 valence electrons. The molecule has 2 amide bonds. The van der Waals surface area contributed by atoms with Crippen LogP contribution in [-0.2, 0) is 9.59 Å². The number of hydrogen-bond acceptors (Lipinski definition) is 6. The average molecular weight is 371 g/mol. The summed E-state index contributed by atoms with van der Waals surface area (Å²) in [5.74, 6) is 0.911. The Hall–Kier alpha value is -2.40. The molecule has 5 rings (SSSR count). The van der Waals surface area contributed by atoms with Crippen LogP contribution in [0.3, 0.4) is 0 Å². The number of piperazine rings is 1. The molecule has 4 aliphatic heterocycles. The predicted molar refractivity (Wildman–Crippen MR) is 92.0 cm³/mol. The highest BCUT2D eigenvalue weighted by atomic mass is 32.2. The molecular formula is C18H17N3O4S. The SMILES string of the molecule is CN1C(=O)C23C[C@](C)(C#N)[C@H](c4cccc5c4OCO5)N2C(=O)C1(C)S3. The molecule has 4 atom stereocenters. The number of nitrogens with zero attached hydrogens (tertiary/aromatic N) is 3. The Bertz CT molecular complexity index is 930. The highest BCUT2D eigenvalue weighted by molar-refractivity contribution is 8.04. The fraction of sp³-hybridized carbons (Fsp3) is 0.500. The third-order valence-electron chi connectivity index (χ3n) is 6.10. The van der Waals surface area contributed by atoms with Gasteiger partial charge in [-0.05, 0) is 19.9 Å². The molecule has 8 heteroatoms. The third kappa shape index (κ3) is 1.48. The Labute approximate surface area is 154 Å². The second kappa shape index (κ2) is 4.46. The number of likely N-dealkylation sites (N-methyl/N-ethyl adjacent to an activating group) is 1. The Balaban J connectivity index is 1.74. The summed E-state index contributed by atoms with van der Waals surface area (Å²) in [4.78, 5) is 27.6. The van der Waals surface area contributed by atoms with Crippen LogP contribution < -0.4 is 9.47 Å². The van der Waals surface area contributed by atoms with Gasteiger partial charge in [-0.3, -0.25) is 9.59 Å². The number of nitriles is 1. The summed E-state index contributed by atoms with van der Waals surface area (Å²) < 4.78 is 11.1. The van der Waals surface area contributed by atoms with E-state index in [9.17, 15) is 14.9 Å². The first-order valence-electron chi connectivity index (χ1n) is 8.40. The van der Waals surface area contributed by atoms with E-state index in [1.165, 1.54) is 16.7 Å². The molecule has 4 aliphatic rings. The summed E-state index contributed by atoms with van der Waals surface area (Å²) >= 11 is 1.36. The van der Waals surface area contributed by atoms with E-state index in [-0.39, 0.29) is 18.6 Å². The maximum absolute atomic E-state index is 13.3. The topological polar surface area (TPSA) is 82.9 Å². The number of amides is 2. The van der Waals surface area contributed by atoms with Gasteiger partial charge in [0.2, 0.25) is 6.79 Å². The van der Waals surface area contributed by atoms with Gasteiger partial charge in [-0.1, -0.05) is 23.9 Å². The second-order valence-corrected chi connectivity index (χ2v) is 9.27. The first-order valence-corrected chi connectivity index (χ1v) is 9.22. The van der Waals surface area contributed by atoms with Gasteiger partial charge in [0.05, 0.1) is 17.5 Å². The van der Waals surface area contributed by atoms with Crippen LogP contribution in [0.1, 0.15) is 31.9 Å². The second-order valence-electron chi connectivity index (χ2n) is 7.60. The first-order chi connectivity index (χ1) is 12.3. The predicted octanol–water partition coefficient (Wildman–Crippen LogP) is 1.85. The van der Waals surface area contributed by atoms with Gasteiger partial charge in [0.15, 0.2) is 21.2 Å². The molecular weight excluding hydrogens is 354 g/mol. The smallest absolute Gasteiger partial charge is 0.261 e. The molecule has 0 aliphatic carbocycles. The maximum atomic E-state index is 13.3. The number of rotatable bonds is 1. The molecule has 7 nitrogen and oxygen atoms in total. The van der Waals surface area contributed by atoms with Gasteiger partial charge in [0.25, 0.3) is 11.8 Å². The lowest BCUT2D eigenvalue weighted by Crippen LogP contribution is -2.60. The fourth-order valence-electron chi connectivity index (χ4n) is 4.78. The summed E-state index contributed by atoms with van der Waals surface area (Å²) in [6.07, 6.45) is 0.293. The molecule has 0 aromatic heterocycles. The third-order valence-corrected chi connectivity index (χ3v) is 7.80. The van der Waals surface area contributed by atoms with Gasteiger partial charge >= 0.3 is 0 Å². The van der Waals surface area contributed by atoms with E-state index in [0.717, 1.165) is 5.56 Å². The standard InChI is InChI=1S/C18H17N3O4S/c1-16(8-19)7-18-15(23)20(3)17(2,26-18)14(22)21(18)13(16)10-5-4-6-11-12(10)25-9-24-11/h4-6,13H,7,9H2,1-3H3/t13-,16+,17?,18?/m0/s1. The summed E-state index contributed by atoms with van der Waals surface area (Å²) in [6.45, 7) is 3.70. The lowest BCUT2D eigenvalue weighted by Gasteiger charge is -2.40. The molecule has 26 heavy (non-hydrogen) atoms. The van der Waals surface area contributed by atoms with Crippen molar-refractivity contribution in [3.63, 3.8) is 0 Å². The van der Waals surface area contributed by atoms with E-state index in [1.54, 1.807) is 24.9 Å². The van der Waals surface area contributed by atoms with Crippen molar-refractivity contribution in [2.45, 2.75) is 36.1 Å². The van der Waals surface area contributed by atoms with E-state index < -0.39 is 21.2 Å². The van der Waals surface area contributed by atoms with Crippen LogP contribution in [0, 0.1) is 16.7 Å². The maximum Gasteiger partial charge on any atom is 0.261 e. The normalized spacial score (nSPS) is 39.5. The van der Waals surface area contributed by atoms with Crippen molar-refractivity contribution in [3.8, 4) is 17.6 Å². The molecule has 1 spiro atoms. The highest BCUT2D eigenvalue weighted by Gasteiger charge is 2.79. The lowest BCUT2D eigenvalue weighted by molar-refractivity contribution is -0.159. The quantitative estimate of drug-likeness (QED) is 0.749. The number of hydrogen-bond donors (Lipinski definition) is 0. The molecule has 3 fully saturated rings. The van der Waals surface area contributed by atoms with Crippen molar-refractivity contribution < 1.29 is 19.1 Å². The molecule has 0 saturated carbocycles. The minimum absolute atomic E-state index is 0.107. The monoisotopic (exact) mass is 371 g/mol. The van der Waals surface area contributed by atoms with Crippen LogP contribution in [0.15, 0.2) is 18.2 Å². The van der Waals surface area contributed by atoms with Gasteiger partial charge in [0.1, 0.15) is 0 Å². The number of carbonyl (C=O) groups excluding carboxylic acids is 2. The summed E-state index contributed by atoms with van der Waals surface area (Å²) in [5.41, 5.74) is -0.187. The van der Waals surface area contributed by atoms with Gasteiger partial charge in [0, 0.05) is 19.0 Å². The van der Waals surface area contributed by atoms with Gasteiger partial charge in [-0.15, -0.1) is 0 Å². The van der Waals surface area contributed by atoms with E-state index in [1.807, 2.05) is 19.1 Å². The van der Waals surface area contributed by atoms with Gasteiger partial charge in [-0.2, -0.15) is 5.26 Å². The minimum Gasteiger partial charge on any atom is -0.454 e. The van der Waals surface area contributed by atoms with Crippen LogP contribution >= 0.6 is 11.8 Å². The number of thioether (sulfide) groups is 1. The first kappa shape index (κ1) is 15.8. The van der Waals surface area contributed by atoms with Crippen molar-refractivity contribution in [1.82, 2.24) is 9.80 Å². The zero-order valence-corrected chi connectivity index (χ0v) is 15.4. The number of ether oxygens (including phenoxy) is 2. The number of para-hydroxylation sites is 1. The zero-order chi connectivity index (χ0) is 18.5. The van der Waals surface area contributed by atoms with E-state index in [2.05, 4.69) is 6.07 Å².